The lowest BCUT2D eigenvalue weighted by atomic mass is 9.93. The Bertz CT molecular complexity index is 1040. The summed E-state index contributed by atoms with van der Waals surface area (Å²) >= 11 is 0. The van der Waals surface area contributed by atoms with E-state index in [4.69, 9.17) is 10.2 Å². The molecule has 128 valence electrons. The average molecular weight is 354 g/mol. The number of aromatic nitrogens is 1. The number of nitrogens with zero attached hydrogens (tertiary/aromatic N) is 3. The SMILES string of the molecule is N#Cc1c(N)nc(-c2ccco2)c(C#N)c1-c1ccc(C(F)(F)F)cc1. The number of nitrogens with two attached hydrogens (primary N) is 1. The van der Waals surface area contributed by atoms with Gasteiger partial charge < -0.3 is 10.2 Å². The van der Waals surface area contributed by atoms with Crippen LogP contribution >= 0.6 is 0 Å². The van der Waals surface area contributed by atoms with Crippen LogP contribution in [0, 0.1) is 22.7 Å². The maximum Gasteiger partial charge on any atom is 0.416 e. The molecule has 0 saturated heterocycles. The number of rotatable bonds is 2. The Morgan fingerprint density at radius 3 is 2.15 bits per heavy atom. The fourth-order valence-electron chi connectivity index (χ4n) is 2.53. The van der Waals surface area contributed by atoms with Gasteiger partial charge in [0.25, 0.3) is 0 Å². The van der Waals surface area contributed by atoms with Gasteiger partial charge >= 0.3 is 6.18 Å². The Labute approximate surface area is 145 Å². The smallest absolute Gasteiger partial charge is 0.416 e. The predicted octanol–water partition coefficient (Wildman–Crippen LogP) is 4.35. The summed E-state index contributed by atoms with van der Waals surface area (Å²) in [5.41, 5.74) is 5.37. The molecule has 2 heterocycles. The molecule has 3 rings (SSSR count). The first-order chi connectivity index (χ1) is 12.4. The van der Waals surface area contributed by atoms with Gasteiger partial charge in [-0.3, -0.25) is 0 Å². The Morgan fingerprint density at radius 2 is 1.65 bits per heavy atom. The lowest BCUT2D eigenvalue weighted by Gasteiger charge is -2.13. The summed E-state index contributed by atoms with van der Waals surface area (Å²) in [7, 11) is 0. The van der Waals surface area contributed by atoms with E-state index < -0.39 is 11.7 Å². The monoisotopic (exact) mass is 354 g/mol. The van der Waals surface area contributed by atoms with E-state index in [1.165, 1.54) is 18.4 Å². The molecular weight excluding hydrogens is 345 g/mol. The van der Waals surface area contributed by atoms with Crippen molar-refractivity contribution in [2.75, 3.05) is 5.73 Å². The van der Waals surface area contributed by atoms with Crippen LogP contribution in [-0.4, -0.2) is 4.98 Å². The van der Waals surface area contributed by atoms with Crippen LogP contribution in [0.3, 0.4) is 0 Å². The van der Waals surface area contributed by atoms with Gasteiger partial charge in [-0.25, -0.2) is 4.98 Å². The first-order valence-corrected chi connectivity index (χ1v) is 7.22. The zero-order valence-electron chi connectivity index (χ0n) is 13.0. The van der Waals surface area contributed by atoms with Crippen LogP contribution < -0.4 is 5.73 Å². The quantitative estimate of drug-likeness (QED) is 0.737. The third kappa shape index (κ3) is 2.85. The molecule has 0 fully saturated rings. The fraction of sp³-hybridized carbons (Fsp3) is 0.0556. The number of furan rings is 1. The summed E-state index contributed by atoms with van der Waals surface area (Å²) in [6, 6.07) is 11.1. The highest BCUT2D eigenvalue weighted by Gasteiger charge is 2.30. The van der Waals surface area contributed by atoms with Gasteiger partial charge in [-0.2, -0.15) is 23.7 Å². The summed E-state index contributed by atoms with van der Waals surface area (Å²) in [6.45, 7) is 0. The second-order valence-corrected chi connectivity index (χ2v) is 5.25. The van der Waals surface area contributed by atoms with Crippen LogP contribution in [0.1, 0.15) is 16.7 Å². The number of alkyl halides is 3. The number of benzene rings is 1. The standard InChI is InChI=1S/C18H9F3N4O/c19-18(20,21)11-5-3-10(4-6-11)15-12(8-22)16(14-2-1-7-26-14)25-17(24)13(15)9-23/h1-7H,(H2,24,25). The molecule has 8 heteroatoms. The third-order valence-electron chi connectivity index (χ3n) is 3.70. The molecule has 2 aromatic heterocycles. The van der Waals surface area contributed by atoms with Crippen LogP contribution in [0.15, 0.2) is 47.1 Å². The van der Waals surface area contributed by atoms with E-state index in [0.29, 0.717) is 0 Å². The van der Waals surface area contributed by atoms with Crippen molar-refractivity contribution >= 4 is 5.82 Å². The average Bonchev–Trinajstić information content (AvgIpc) is 3.14. The Kier molecular flexibility index (Phi) is 4.11. The maximum absolute atomic E-state index is 12.8. The minimum Gasteiger partial charge on any atom is -0.463 e. The highest BCUT2D eigenvalue weighted by Crippen LogP contribution is 2.37. The fourth-order valence-corrected chi connectivity index (χ4v) is 2.53. The van der Waals surface area contributed by atoms with Gasteiger partial charge in [0, 0.05) is 5.56 Å². The molecule has 0 aliphatic rings. The summed E-state index contributed by atoms with van der Waals surface area (Å²) < 4.78 is 43.6. The Hall–Kier alpha value is -3.78. The van der Waals surface area contributed by atoms with Crippen LogP contribution in [-0.2, 0) is 6.18 Å². The number of nitriles is 2. The number of anilines is 1. The largest absolute Gasteiger partial charge is 0.463 e. The van der Waals surface area contributed by atoms with Gasteiger partial charge in [0.2, 0.25) is 0 Å². The number of nitrogen functional groups attached to an aromatic ring is 1. The zero-order valence-corrected chi connectivity index (χ0v) is 13.0. The third-order valence-corrected chi connectivity index (χ3v) is 3.70. The van der Waals surface area contributed by atoms with Crippen LogP contribution in [0.5, 0.6) is 0 Å². The molecular formula is C18H9F3N4O. The molecule has 0 atom stereocenters. The van der Waals surface area contributed by atoms with E-state index in [0.717, 1.165) is 12.1 Å². The van der Waals surface area contributed by atoms with Crippen molar-refractivity contribution in [2.45, 2.75) is 6.18 Å². The van der Waals surface area contributed by atoms with Crippen molar-refractivity contribution in [1.29, 1.82) is 10.5 Å². The lowest BCUT2D eigenvalue weighted by Crippen LogP contribution is -2.05. The summed E-state index contributed by atoms with van der Waals surface area (Å²) in [4.78, 5) is 4.06. The van der Waals surface area contributed by atoms with E-state index >= 15 is 0 Å². The molecule has 0 aliphatic carbocycles. The molecule has 3 aromatic rings. The molecule has 5 nitrogen and oxygen atoms in total. The summed E-state index contributed by atoms with van der Waals surface area (Å²) in [5.74, 6) is 0.110. The molecule has 0 aliphatic heterocycles. The number of hydrogen-bond donors (Lipinski definition) is 1. The number of hydrogen-bond acceptors (Lipinski definition) is 5. The van der Waals surface area contributed by atoms with Gasteiger partial charge in [-0.05, 0) is 29.8 Å². The molecule has 0 bridgehead atoms. The van der Waals surface area contributed by atoms with E-state index in [1.54, 1.807) is 12.1 Å². The molecule has 0 saturated carbocycles. The highest BCUT2D eigenvalue weighted by atomic mass is 19.4. The van der Waals surface area contributed by atoms with Gasteiger partial charge in [-0.1, -0.05) is 12.1 Å². The van der Waals surface area contributed by atoms with Gasteiger partial charge in [0.1, 0.15) is 29.2 Å². The highest BCUT2D eigenvalue weighted by molar-refractivity contribution is 5.86. The predicted molar refractivity (Wildman–Crippen MR) is 86.2 cm³/mol. The number of halogens is 3. The van der Waals surface area contributed by atoms with Crippen molar-refractivity contribution in [3.8, 4) is 34.7 Å². The van der Waals surface area contributed by atoms with Crippen LogP contribution in [0.25, 0.3) is 22.6 Å². The van der Waals surface area contributed by atoms with E-state index in [1.807, 2.05) is 12.1 Å². The van der Waals surface area contributed by atoms with Crippen LogP contribution in [0.2, 0.25) is 0 Å². The first-order valence-electron chi connectivity index (χ1n) is 7.22. The van der Waals surface area contributed by atoms with E-state index in [2.05, 4.69) is 4.98 Å². The van der Waals surface area contributed by atoms with Gasteiger partial charge in [0.05, 0.1) is 17.4 Å². The Balaban J connectivity index is 2.30. The number of pyridine rings is 1. The molecule has 0 amide bonds. The van der Waals surface area contributed by atoms with Gasteiger partial charge in [0.15, 0.2) is 5.76 Å². The van der Waals surface area contributed by atoms with Crippen molar-refractivity contribution in [3.05, 3.63) is 59.4 Å². The van der Waals surface area contributed by atoms with E-state index in [-0.39, 0.29) is 39.5 Å². The normalized spacial score (nSPS) is 11.0. The minimum absolute atomic E-state index is 0.00883. The molecule has 0 radical (unpaired) electrons. The zero-order chi connectivity index (χ0) is 18.9. The van der Waals surface area contributed by atoms with Crippen molar-refractivity contribution < 1.29 is 17.6 Å². The lowest BCUT2D eigenvalue weighted by molar-refractivity contribution is -0.137. The van der Waals surface area contributed by atoms with Crippen LogP contribution in [0.4, 0.5) is 19.0 Å². The first kappa shape index (κ1) is 17.1. The molecule has 1 aromatic carbocycles. The minimum atomic E-state index is -4.49. The maximum atomic E-state index is 12.8. The van der Waals surface area contributed by atoms with Gasteiger partial charge in [-0.15, -0.1) is 0 Å². The second kappa shape index (κ2) is 6.26. The molecule has 2 N–H and O–H groups in total. The van der Waals surface area contributed by atoms with Crippen molar-refractivity contribution in [3.63, 3.8) is 0 Å². The molecule has 0 unspecified atom stereocenters. The summed E-state index contributed by atoms with van der Waals surface area (Å²) in [5, 5.41) is 19.0. The van der Waals surface area contributed by atoms with E-state index in [9.17, 15) is 23.7 Å². The molecule has 0 spiro atoms. The topological polar surface area (TPSA) is 99.6 Å². The van der Waals surface area contributed by atoms with Crippen molar-refractivity contribution in [1.82, 2.24) is 4.98 Å². The summed E-state index contributed by atoms with van der Waals surface area (Å²) in [6.07, 6.45) is -3.12. The molecule has 26 heavy (non-hydrogen) atoms. The Morgan fingerprint density at radius 1 is 1.00 bits per heavy atom. The van der Waals surface area contributed by atoms with Crippen molar-refractivity contribution in [2.24, 2.45) is 0 Å². The second-order valence-electron chi connectivity index (χ2n) is 5.25.